The van der Waals surface area contributed by atoms with Crippen molar-refractivity contribution in [2.45, 2.75) is 19.9 Å². The van der Waals surface area contributed by atoms with Gasteiger partial charge in [0.1, 0.15) is 5.82 Å². The van der Waals surface area contributed by atoms with E-state index in [0.29, 0.717) is 12.0 Å². The van der Waals surface area contributed by atoms with Crippen LogP contribution < -0.4 is 15.5 Å². The van der Waals surface area contributed by atoms with Gasteiger partial charge in [0.2, 0.25) is 5.95 Å². The first-order chi connectivity index (χ1) is 11.5. The summed E-state index contributed by atoms with van der Waals surface area (Å²) in [7, 11) is 4.05. The molecule has 0 fully saturated rings. The standard InChI is InChI=1S/C19H23N5/c1-13(2)20-18-16-7-5-6-8-17(16)22-19(23-18)21-14-9-11-15(12-10-14)24(3)4/h5-13H,1-4H3,(H2,20,21,22,23). The van der Waals surface area contributed by atoms with Gasteiger partial charge in [-0.3, -0.25) is 0 Å². The highest BCUT2D eigenvalue weighted by molar-refractivity contribution is 5.90. The van der Waals surface area contributed by atoms with Crippen molar-refractivity contribution in [1.82, 2.24) is 9.97 Å². The van der Waals surface area contributed by atoms with E-state index in [2.05, 4.69) is 51.5 Å². The summed E-state index contributed by atoms with van der Waals surface area (Å²) in [4.78, 5) is 11.3. The average Bonchev–Trinajstić information content (AvgIpc) is 2.55. The number of rotatable bonds is 5. The van der Waals surface area contributed by atoms with E-state index in [1.165, 1.54) is 0 Å². The van der Waals surface area contributed by atoms with E-state index < -0.39 is 0 Å². The van der Waals surface area contributed by atoms with Gasteiger partial charge >= 0.3 is 0 Å². The van der Waals surface area contributed by atoms with E-state index in [1.54, 1.807) is 0 Å². The molecular formula is C19H23N5. The number of aromatic nitrogens is 2. The molecule has 3 aromatic rings. The van der Waals surface area contributed by atoms with Gasteiger partial charge in [0.15, 0.2) is 0 Å². The number of hydrogen-bond donors (Lipinski definition) is 2. The number of anilines is 4. The van der Waals surface area contributed by atoms with Crippen LogP contribution in [0.15, 0.2) is 48.5 Å². The summed E-state index contributed by atoms with van der Waals surface area (Å²) in [5, 5.41) is 7.72. The molecule has 3 rings (SSSR count). The van der Waals surface area contributed by atoms with Gasteiger partial charge in [-0.2, -0.15) is 4.98 Å². The molecule has 0 amide bonds. The molecule has 0 aliphatic carbocycles. The average molecular weight is 321 g/mol. The molecule has 0 atom stereocenters. The molecule has 124 valence electrons. The number of hydrogen-bond acceptors (Lipinski definition) is 5. The molecule has 5 nitrogen and oxygen atoms in total. The molecule has 0 aliphatic heterocycles. The normalized spacial score (nSPS) is 10.9. The van der Waals surface area contributed by atoms with Crippen LogP contribution in [0.1, 0.15) is 13.8 Å². The Hall–Kier alpha value is -2.82. The second-order valence-corrected chi connectivity index (χ2v) is 6.28. The van der Waals surface area contributed by atoms with Crippen molar-refractivity contribution in [1.29, 1.82) is 0 Å². The molecule has 0 spiro atoms. The van der Waals surface area contributed by atoms with Crippen molar-refractivity contribution in [3.63, 3.8) is 0 Å². The summed E-state index contributed by atoms with van der Waals surface area (Å²) >= 11 is 0. The molecule has 1 heterocycles. The third-order valence-corrected chi connectivity index (χ3v) is 3.67. The number of fused-ring (bicyclic) bond motifs is 1. The van der Waals surface area contributed by atoms with Crippen molar-refractivity contribution < 1.29 is 0 Å². The van der Waals surface area contributed by atoms with Crippen molar-refractivity contribution in [3.05, 3.63) is 48.5 Å². The number of nitrogens with zero attached hydrogens (tertiary/aromatic N) is 3. The van der Waals surface area contributed by atoms with Gasteiger partial charge in [-0.25, -0.2) is 4.98 Å². The van der Waals surface area contributed by atoms with Crippen LogP contribution in [0.3, 0.4) is 0 Å². The second kappa shape index (κ2) is 6.74. The minimum atomic E-state index is 0.301. The maximum Gasteiger partial charge on any atom is 0.229 e. The van der Waals surface area contributed by atoms with E-state index in [9.17, 15) is 0 Å². The first-order valence-corrected chi connectivity index (χ1v) is 8.10. The van der Waals surface area contributed by atoms with Crippen LogP contribution >= 0.6 is 0 Å². The Balaban J connectivity index is 1.94. The van der Waals surface area contributed by atoms with Gasteiger partial charge in [0.25, 0.3) is 0 Å². The largest absolute Gasteiger partial charge is 0.378 e. The molecule has 0 saturated heterocycles. The fourth-order valence-corrected chi connectivity index (χ4v) is 2.49. The molecule has 24 heavy (non-hydrogen) atoms. The topological polar surface area (TPSA) is 53.1 Å². The van der Waals surface area contributed by atoms with Crippen molar-refractivity contribution in [2.24, 2.45) is 0 Å². The summed E-state index contributed by atoms with van der Waals surface area (Å²) in [5.74, 6) is 1.44. The lowest BCUT2D eigenvalue weighted by Crippen LogP contribution is -2.12. The number of para-hydroxylation sites is 1. The van der Waals surface area contributed by atoms with Crippen LogP contribution in [0.5, 0.6) is 0 Å². The number of nitrogens with one attached hydrogen (secondary N) is 2. The van der Waals surface area contributed by atoms with E-state index in [0.717, 1.165) is 28.1 Å². The number of benzene rings is 2. The van der Waals surface area contributed by atoms with Crippen molar-refractivity contribution >= 4 is 34.0 Å². The molecule has 1 aromatic heterocycles. The molecule has 0 saturated carbocycles. The highest BCUT2D eigenvalue weighted by atomic mass is 15.1. The molecule has 0 aliphatic rings. The fraction of sp³-hybridized carbons (Fsp3) is 0.263. The van der Waals surface area contributed by atoms with Crippen molar-refractivity contribution in [2.75, 3.05) is 29.6 Å². The lowest BCUT2D eigenvalue weighted by Gasteiger charge is -2.15. The lowest BCUT2D eigenvalue weighted by molar-refractivity contribution is 0.891. The van der Waals surface area contributed by atoms with Gasteiger partial charge in [-0.1, -0.05) is 12.1 Å². The van der Waals surface area contributed by atoms with E-state index in [4.69, 9.17) is 0 Å². The Morgan fingerprint density at radius 3 is 2.29 bits per heavy atom. The molecular weight excluding hydrogens is 298 g/mol. The first-order valence-electron chi connectivity index (χ1n) is 8.10. The highest BCUT2D eigenvalue weighted by Gasteiger charge is 2.08. The summed E-state index contributed by atoms with van der Waals surface area (Å²) < 4.78 is 0. The lowest BCUT2D eigenvalue weighted by atomic mass is 10.2. The van der Waals surface area contributed by atoms with Crippen LogP contribution in [0.25, 0.3) is 10.9 Å². The summed E-state index contributed by atoms with van der Waals surface area (Å²) in [6.07, 6.45) is 0. The van der Waals surface area contributed by atoms with Gasteiger partial charge in [-0.15, -0.1) is 0 Å². The van der Waals surface area contributed by atoms with Crippen LogP contribution in [-0.4, -0.2) is 30.1 Å². The van der Waals surface area contributed by atoms with Gasteiger partial charge in [0, 0.05) is 36.9 Å². The maximum absolute atomic E-state index is 4.65. The van der Waals surface area contributed by atoms with Gasteiger partial charge < -0.3 is 15.5 Å². The highest BCUT2D eigenvalue weighted by Crippen LogP contribution is 2.24. The third kappa shape index (κ3) is 3.56. The van der Waals surface area contributed by atoms with Crippen LogP contribution in [0.4, 0.5) is 23.1 Å². The Bertz CT molecular complexity index is 825. The Morgan fingerprint density at radius 1 is 0.917 bits per heavy atom. The minimum absolute atomic E-state index is 0.301. The Kier molecular flexibility index (Phi) is 4.51. The predicted molar refractivity (Wildman–Crippen MR) is 102 cm³/mol. The third-order valence-electron chi connectivity index (χ3n) is 3.67. The molecule has 5 heteroatoms. The molecule has 0 bridgehead atoms. The van der Waals surface area contributed by atoms with Crippen LogP contribution in [0.2, 0.25) is 0 Å². The molecule has 0 radical (unpaired) electrons. The summed E-state index contributed by atoms with van der Waals surface area (Å²) in [6, 6.07) is 16.5. The van der Waals surface area contributed by atoms with Crippen molar-refractivity contribution in [3.8, 4) is 0 Å². The quantitative estimate of drug-likeness (QED) is 0.735. The Labute approximate surface area is 142 Å². The van der Waals surface area contributed by atoms with E-state index in [1.807, 2.05) is 50.5 Å². The zero-order chi connectivity index (χ0) is 17.1. The molecule has 2 N–H and O–H groups in total. The first kappa shape index (κ1) is 16.1. The zero-order valence-electron chi connectivity index (χ0n) is 14.5. The summed E-state index contributed by atoms with van der Waals surface area (Å²) in [5.41, 5.74) is 3.04. The fourth-order valence-electron chi connectivity index (χ4n) is 2.49. The second-order valence-electron chi connectivity index (χ2n) is 6.28. The summed E-state index contributed by atoms with van der Waals surface area (Å²) in [6.45, 7) is 4.20. The zero-order valence-corrected chi connectivity index (χ0v) is 14.5. The SMILES string of the molecule is CC(C)Nc1nc(Nc2ccc(N(C)C)cc2)nc2ccccc12. The maximum atomic E-state index is 4.65. The van der Waals surface area contributed by atoms with E-state index in [-0.39, 0.29) is 0 Å². The monoisotopic (exact) mass is 321 g/mol. The smallest absolute Gasteiger partial charge is 0.229 e. The van der Waals surface area contributed by atoms with Gasteiger partial charge in [0.05, 0.1) is 5.52 Å². The van der Waals surface area contributed by atoms with Gasteiger partial charge in [-0.05, 0) is 50.2 Å². The van der Waals surface area contributed by atoms with Crippen LogP contribution in [0, 0.1) is 0 Å². The van der Waals surface area contributed by atoms with Crippen LogP contribution in [-0.2, 0) is 0 Å². The van der Waals surface area contributed by atoms with E-state index >= 15 is 0 Å². The minimum Gasteiger partial charge on any atom is -0.378 e. The Morgan fingerprint density at radius 2 is 1.62 bits per heavy atom. The molecule has 2 aromatic carbocycles. The molecule has 0 unspecified atom stereocenters. The predicted octanol–water partition coefficient (Wildman–Crippen LogP) is 4.26.